The summed E-state index contributed by atoms with van der Waals surface area (Å²) in [7, 11) is -4.58. The van der Waals surface area contributed by atoms with Crippen molar-refractivity contribution in [3.05, 3.63) is 107 Å². The second-order valence-electron chi connectivity index (χ2n) is 11.8. The minimum atomic E-state index is -4.58. The fraction of sp³-hybridized carbons (Fsp3) is 0.250. The third-order valence-corrected chi connectivity index (χ3v) is 10.6. The Hall–Kier alpha value is -4.51. The number of hydrogen-bond donors (Lipinski definition) is 0. The summed E-state index contributed by atoms with van der Waals surface area (Å²) in [5, 5.41) is 0.0941. The summed E-state index contributed by atoms with van der Waals surface area (Å²) in [6.45, 7) is 4.36. The van der Waals surface area contributed by atoms with Crippen LogP contribution in [-0.4, -0.2) is 31.3 Å². The molecule has 0 spiro atoms. The maximum Gasteiger partial charge on any atom is 0.268 e. The van der Waals surface area contributed by atoms with Crippen LogP contribution in [0.2, 0.25) is 0 Å². The normalized spacial score (nSPS) is 14.4. The smallest absolute Gasteiger partial charge is 0.268 e. The van der Waals surface area contributed by atoms with Crippen LogP contribution in [0.25, 0.3) is 33.3 Å². The maximum atomic E-state index is 15.0. The molecular formula is C36H31F5N2O3S. The van der Waals surface area contributed by atoms with Crippen LogP contribution in [0.5, 0.6) is 0 Å². The van der Waals surface area contributed by atoms with Crippen molar-refractivity contribution in [2.45, 2.75) is 44.4 Å². The van der Waals surface area contributed by atoms with Gasteiger partial charge >= 0.3 is 0 Å². The number of aryl methyl sites for hydroxylation is 1. The number of halogens is 5. The second-order valence-corrected chi connectivity index (χ2v) is 13.6. The Labute approximate surface area is 269 Å². The van der Waals surface area contributed by atoms with Crippen molar-refractivity contribution in [2.24, 2.45) is 5.92 Å². The lowest BCUT2D eigenvalue weighted by atomic mass is 9.90. The topological polar surface area (TPSA) is 59.4 Å². The lowest BCUT2D eigenvalue weighted by Crippen LogP contribution is -2.35. The number of nitrogens with zero attached hydrogens (tertiary/aromatic N) is 2. The Balaban J connectivity index is 1.67. The molecule has 11 heteroatoms. The van der Waals surface area contributed by atoms with Gasteiger partial charge in [0.2, 0.25) is 0 Å². The molecule has 4 aromatic carbocycles. The van der Waals surface area contributed by atoms with Gasteiger partial charge in [0.1, 0.15) is 11.6 Å². The van der Waals surface area contributed by atoms with E-state index in [4.69, 9.17) is 0 Å². The summed E-state index contributed by atoms with van der Waals surface area (Å²) in [5.41, 5.74) is 1.04. The minimum absolute atomic E-state index is 0.0280. The number of Topliss-reactive ketones (excluding diaryl/α,β-unsaturated/α-hetero) is 1. The van der Waals surface area contributed by atoms with Crippen LogP contribution in [0.15, 0.2) is 89.8 Å². The Bertz CT molecular complexity index is 2080. The SMILES string of the molecule is CC(=O)C1CCN(c2cccc(-c3c(-c4c(C)cccc4C(F)F)c4cc(F)ccc4n3S(=O)(=O)c3ccc(C(F)F)cc3)c2)CC1. The van der Waals surface area contributed by atoms with Gasteiger partial charge in [0.05, 0.1) is 16.1 Å². The summed E-state index contributed by atoms with van der Waals surface area (Å²) in [5.74, 6) is -0.621. The Kier molecular flexibility index (Phi) is 8.69. The molecular weight excluding hydrogens is 635 g/mol. The molecule has 0 radical (unpaired) electrons. The number of alkyl halides is 4. The van der Waals surface area contributed by atoms with Crippen LogP contribution < -0.4 is 4.90 Å². The van der Waals surface area contributed by atoms with Crippen LogP contribution in [0.4, 0.5) is 27.6 Å². The molecule has 0 aliphatic carbocycles. The summed E-state index contributed by atoms with van der Waals surface area (Å²) in [6.07, 6.45) is -4.46. The molecule has 0 amide bonds. The Morgan fingerprint density at radius 3 is 2.15 bits per heavy atom. The molecule has 0 bridgehead atoms. The standard InChI is InChI=1S/C36H31F5N2O3S/c1-21-5-3-8-29(36(40)41)32(21)33-30-20-26(37)11-14-31(30)43(47(45,46)28-12-9-24(10-13-28)35(38)39)34(33)25-6-4-7-27(19-25)42-17-15-23(16-18-42)22(2)44/h3-14,19-20,23,35-36H,15-18H2,1-2H3. The van der Waals surface area contributed by atoms with Gasteiger partial charge in [-0.15, -0.1) is 0 Å². The number of carbonyl (C=O) groups excluding carboxylic acids is 1. The molecule has 0 saturated carbocycles. The number of ketones is 1. The van der Waals surface area contributed by atoms with Gasteiger partial charge in [-0.2, -0.15) is 0 Å². The van der Waals surface area contributed by atoms with Gasteiger partial charge in [0.25, 0.3) is 22.9 Å². The van der Waals surface area contributed by atoms with Gasteiger partial charge in [0, 0.05) is 52.3 Å². The third kappa shape index (κ3) is 5.93. The quantitative estimate of drug-likeness (QED) is 0.155. The Morgan fingerprint density at radius 1 is 0.830 bits per heavy atom. The lowest BCUT2D eigenvalue weighted by Gasteiger charge is -2.33. The average Bonchev–Trinajstić information content (AvgIpc) is 3.39. The molecule has 0 atom stereocenters. The van der Waals surface area contributed by atoms with E-state index in [1.165, 1.54) is 18.2 Å². The molecule has 1 aromatic heterocycles. The van der Waals surface area contributed by atoms with Crippen molar-refractivity contribution in [1.29, 1.82) is 0 Å². The van der Waals surface area contributed by atoms with Crippen molar-refractivity contribution in [1.82, 2.24) is 3.97 Å². The molecule has 1 aliphatic heterocycles. The van der Waals surface area contributed by atoms with Crippen LogP contribution in [0, 0.1) is 18.7 Å². The molecule has 47 heavy (non-hydrogen) atoms. The second kappa shape index (κ2) is 12.6. The van der Waals surface area contributed by atoms with Gasteiger partial charge in [-0.1, -0.05) is 42.5 Å². The highest BCUT2D eigenvalue weighted by Gasteiger charge is 2.32. The fourth-order valence-electron chi connectivity index (χ4n) is 6.50. The number of hydrogen-bond acceptors (Lipinski definition) is 4. The van der Waals surface area contributed by atoms with Gasteiger partial charge in [-0.05, 0) is 80.3 Å². The van der Waals surface area contributed by atoms with E-state index >= 15 is 0 Å². The van der Waals surface area contributed by atoms with E-state index in [1.54, 1.807) is 38.1 Å². The van der Waals surface area contributed by atoms with Gasteiger partial charge in [-0.25, -0.2) is 34.3 Å². The van der Waals surface area contributed by atoms with Crippen molar-refractivity contribution < 1.29 is 35.2 Å². The molecule has 244 valence electrons. The van der Waals surface area contributed by atoms with Gasteiger partial charge in [0.15, 0.2) is 0 Å². The number of rotatable bonds is 8. The summed E-state index contributed by atoms with van der Waals surface area (Å²) >= 11 is 0. The number of benzene rings is 4. The molecule has 0 N–H and O–H groups in total. The van der Waals surface area contributed by atoms with Crippen LogP contribution in [0.3, 0.4) is 0 Å². The first-order valence-corrected chi connectivity index (χ1v) is 16.5. The predicted octanol–water partition coefficient (Wildman–Crippen LogP) is 9.34. The highest BCUT2D eigenvalue weighted by atomic mass is 32.2. The third-order valence-electron chi connectivity index (χ3n) is 8.90. The summed E-state index contributed by atoms with van der Waals surface area (Å²) < 4.78 is 101. The first kappa shape index (κ1) is 32.4. The molecule has 5 aromatic rings. The number of carbonyl (C=O) groups is 1. The molecule has 1 saturated heterocycles. The molecule has 1 fully saturated rings. The van der Waals surface area contributed by atoms with E-state index in [0.29, 0.717) is 37.1 Å². The fourth-order valence-corrected chi connectivity index (χ4v) is 8.04. The van der Waals surface area contributed by atoms with E-state index in [2.05, 4.69) is 4.90 Å². The van der Waals surface area contributed by atoms with E-state index in [0.717, 1.165) is 46.1 Å². The highest BCUT2D eigenvalue weighted by Crippen LogP contribution is 2.47. The number of piperidine rings is 1. The van der Waals surface area contributed by atoms with Crippen molar-refractivity contribution in [2.75, 3.05) is 18.0 Å². The zero-order valence-corrected chi connectivity index (χ0v) is 26.4. The van der Waals surface area contributed by atoms with Crippen molar-refractivity contribution >= 4 is 32.4 Å². The van der Waals surface area contributed by atoms with E-state index in [-0.39, 0.29) is 55.4 Å². The molecule has 2 heterocycles. The monoisotopic (exact) mass is 666 g/mol. The average molecular weight is 667 g/mol. The van der Waals surface area contributed by atoms with Crippen LogP contribution >= 0.6 is 0 Å². The first-order chi connectivity index (χ1) is 22.4. The van der Waals surface area contributed by atoms with Crippen LogP contribution in [-0.2, 0) is 14.8 Å². The van der Waals surface area contributed by atoms with Gasteiger partial charge in [-0.3, -0.25) is 4.79 Å². The van der Waals surface area contributed by atoms with Gasteiger partial charge < -0.3 is 4.90 Å². The van der Waals surface area contributed by atoms with Crippen LogP contribution in [0.1, 0.15) is 49.3 Å². The van der Waals surface area contributed by atoms with E-state index in [1.807, 2.05) is 6.07 Å². The Morgan fingerprint density at radius 2 is 1.51 bits per heavy atom. The lowest BCUT2D eigenvalue weighted by molar-refractivity contribution is -0.121. The number of aromatic nitrogens is 1. The van der Waals surface area contributed by atoms with E-state index < -0.39 is 28.7 Å². The highest BCUT2D eigenvalue weighted by molar-refractivity contribution is 7.90. The predicted molar refractivity (Wildman–Crippen MR) is 172 cm³/mol. The molecule has 1 aliphatic rings. The number of fused-ring (bicyclic) bond motifs is 1. The zero-order valence-electron chi connectivity index (χ0n) is 25.6. The summed E-state index contributed by atoms with van der Waals surface area (Å²) in [4.78, 5) is 13.7. The minimum Gasteiger partial charge on any atom is -0.371 e. The largest absolute Gasteiger partial charge is 0.371 e. The van der Waals surface area contributed by atoms with E-state index in [9.17, 15) is 35.2 Å². The summed E-state index contributed by atoms with van der Waals surface area (Å²) in [6, 6.07) is 19.0. The first-order valence-electron chi connectivity index (χ1n) is 15.1. The zero-order chi connectivity index (χ0) is 33.6. The van der Waals surface area contributed by atoms with Crippen molar-refractivity contribution in [3.8, 4) is 22.4 Å². The molecule has 0 unspecified atom stereocenters. The number of anilines is 1. The van der Waals surface area contributed by atoms with Crippen molar-refractivity contribution in [3.63, 3.8) is 0 Å². The molecule has 6 rings (SSSR count). The molecule has 5 nitrogen and oxygen atoms in total. The maximum absolute atomic E-state index is 15.0.